The van der Waals surface area contributed by atoms with Gasteiger partial charge >= 0.3 is 0 Å². The molecule has 1 amide bonds. The van der Waals surface area contributed by atoms with Gasteiger partial charge in [0.1, 0.15) is 0 Å². The first kappa shape index (κ1) is 16.1. The van der Waals surface area contributed by atoms with E-state index in [1.165, 1.54) is 0 Å². The van der Waals surface area contributed by atoms with Gasteiger partial charge in [-0.05, 0) is 32.3 Å². The van der Waals surface area contributed by atoms with Crippen molar-refractivity contribution < 1.29 is 4.79 Å². The van der Waals surface area contributed by atoms with Crippen LogP contribution >= 0.6 is 11.6 Å². The highest BCUT2D eigenvalue weighted by atomic mass is 35.5. The number of halogens is 1. The van der Waals surface area contributed by atoms with Gasteiger partial charge in [0.2, 0.25) is 0 Å². The molecule has 1 aromatic carbocycles. The molecule has 116 valence electrons. The van der Waals surface area contributed by atoms with Gasteiger partial charge in [0.05, 0.1) is 10.6 Å². The highest BCUT2D eigenvalue weighted by Gasteiger charge is 2.23. The number of carbonyl (C=O) groups excluding carboxylic acids is 1. The molecule has 0 aromatic heterocycles. The van der Waals surface area contributed by atoms with Crippen LogP contribution in [0.4, 0.5) is 5.69 Å². The summed E-state index contributed by atoms with van der Waals surface area (Å²) < 4.78 is 0. The summed E-state index contributed by atoms with van der Waals surface area (Å²) in [6.45, 7) is 5.34. The normalized spacial score (nSPS) is 16.5. The van der Waals surface area contributed by atoms with Crippen molar-refractivity contribution in [3.05, 3.63) is 28.8 Å². The number of hydrogen-bond donors (Lipinski definition) is 1. The smallest absolute Gasteiger partial charge is 0.255 e. The number of amides is 1. The van der Waals surface area contributed by atoms with Crippen LogP contribution in [-0.4, -0.2) is 74.0 Å². The summed E-state index contributed by atoms with van der Waals surface area (Å²) in [5.74, 6) is -0.0282. The van der Waals surface area contributed by atoms with Gasteiger partial charge in [-0.15, -0.1) is 0 Å². The van der Waals surface area contributed by atoms with E-state index in [0.29, 0.717) is 16.3 Å². The monoisotopic (exact) mass is 310 g/mol. The minimum absolute atomic E-state index is 0.0282. The first-order valence-electron chi connectivity index (χ1n) is 7.19. The van der Waals surface area contributed by atoms with Crippen molar-refractivity contribution in [3.8, 4) is 0 Å². The summed E-state index contributed by atoms with van der Waals surface area (Å²) in [7, 11) is 4.14. The first-order chi connectivity index (χ1) is 9.97. The summed E-state index contributed by atoms with van der Waals surface area (Å²) in [5, 5.41) is 0.462. The number of carbonyl (C=O) groups is 1. The van der Waals surface area contributed by atoms with Crippen molar-refractivity contribution in [2.24, 2.45) is 0 Å². The lowest BCUT2D eigenvalue weighted by Crippen LogP contribution is -2.50. The van der Waals surface area contributed by atoms with Crippen LogP contribution in [0, 0.1) is 0 Å². The van der Waals surface area contributed by atoms with E-state index in [0.717, 1.165) is 39.3 Å². The molecule has 0 atom stereocenters. The number of nitrogens with zero attached hydrogens (tertiary/aromatic N) is 3. The minimum Gasteiger partial charge on any atom is -0.399 e. The molecule has 1 aliphatic rings. The van der Waals surface area contributed by atoms with Crippen molar-refractivity contribution in [1.29, 1.82) is 0 Å². The SMILES string of the molecule is CN(C)CCN1CCN(C(=O)c2cc(N)ccc2Cl)CC1. The fourth-order valence-electron chi connectivity index (χ4n) is 2.39. The van der Waals surface area contributed by atoms with Gasteiger partial charge in [-0.1, -0.05) is 11.6 Å². The Bertz CT molecular complexity index is 498. The Balaban J connectivity index is 1.92. The summed E-state index contributed by atoms with van der Waals surface area (Å²) in [5.41, 5.74) is 6.80. The van der Waals surface area contributed by atoms with E-state index >= 15 is 0 Å². The second-order valence-electron chi connectivity index (χ2n) is 5.68. The van der Waals surface area contributed by atoms with E-state index in [1.54, 1.807) is 18.2 Å². The third-order valence-electron chi connectivity index (χ3n) is 3.74. The molecule has 1 aliphatic heterocycles. The van der Waals surface area contributed by atoms with E-state index in [2.05, 4.69) is 23.9 Å². The van der Waals surface area contributed by atoms with Crippen LogP contribution in [0.2, 0.25) is 5.02 Å². The molecule has 5 nitrogen and oxygen atoms in total. The van der Waals surface area contributed by atoms with Crippen molar-refractivity contribution in [1.82, 2.24) is 14.7 Å². The lowest BCUT2D eigenvalue weighted by Gasteiger charge is -2.35. The van der Waals surface area contributed by atoms with E-state index in [4.69, 9.17) is 17.3 Å². The molecule has 0 unspecified atom stereocenters. The van der Waals surface area contributed by atoms with Crippen LogP contribution in [0.15, 0.2) is 18.2 Å². The fourth-order valence-corrected chi connectivity index (χ4v) is 2.59. The number of hydrogen-bond acceptors (Lipinski definition) is 4. The second-order valence-corrected chi connectivity index (χ2v) is 6.08. The number of rotatable bonds is 4. The predicted octanol–water partition coefficient (Wildman–Crippen LogP) is 1.24. The molecule has 21 heavy (non-hydrogen) atoms. The number of benzene rings is 1. The Kier molecular flexibility index (Phi) is 5.45. The average Bonchev–Trinajstić information content (AvgIpc) is 2.47. The quantitative estimate of drug-likeness (QED) is 0.850. The van der Waals surface area contributed by atoms with Crippen molar-refractivity contribution in [3.63, 3.8) is 0 Å². The summed E-state index contributed by atoms with van der Waals surface area (Å²) in [6.07, 6.45) is 0. The summed E-state index contributed by atoms with van der Waals surface area (Å²) in [6, 6.07) is 5.04. The largest absolute Gasteiger partial charge is 0.399 e. The van der Waals surface area contributed by atoms with Gasteiger partial charge in [-0.25, -0.2) is 0 Å². The third-order valence-corrected chi connectivity index (χ3v) is 4.07. The lowest BCUT2D eigenvalue weighted by atomic mass is 10.1. The summed E-state index contributed by atoms with van der Waals surface area (Å²) >= 11 is 6.10. The number of nitrogens with two attached hydrogens (primary N) is 1. The van der Waals surface area contributed by atoms with Crippen molar-refractivity contribution in [2.75, 3.05) is 59.1 Å². The van der Waals surface area contributed by atoms with Gasteiger partial charge in [0, 0.05) is 45.0 Å². The van der Waals surface area contributed by atoms with E-state index in [-0.39, 0.29) is 5.91 Å². The maximum absolute atomic E-state index is 12.5. The van der Waals surface area contributed by atoms with Gasteiger partial charge in [-0.2, -0.15) is 0 Å². The predicted molar refractivity (Wildman–Crippen MR) is 86.8 cm³/mol. The van der Waals surface area contributed by atoms with Gasteiger partial charge < -0.3 is 15.5 Å². The molecular weight excluding hydrogens is 288 g/mol. The zero-order valence-corrected chi connectivity index (χ0v) is 13.4. The number of piperazine rings is 1. The maximum atomic E-state index is 12.5. The van der Waals surface area contributed by atoms with E-state index in [1.807, 2.05) is 4.90 Å². The fraction of sp³-hybridized carbons (Fsp3) is 0.533. The van der Waals surface area contributed by atoms with Crippen LogP contribution in [0.1, 0.15) is 10.4 Å². The molecule has 1 heterocycles. The van der Waals surface area contributed by atoms with Crippen LogP contribution in [0.5, 0.6) is 0 Å². The lowest BCUT2D eigenvalue weighted by molar-refractivity contribution is 0.0630. The van der Waals surface area contributed by atoms with Crippen LogP contribution in [0.3, 0.4) is 0 Å². The molecule has 0 saturated carbocycles. The molecular formula is C15H23ClN4O. The Hall–Kier alpha value is -1.30. The van der Waals surface area contributed by atoms with E-state index in [9.17, 15) is 4.79 Å². The van der Waals surface area contributed by atoms with Crippen molar-refractivity contribution >= 4 is 23.2 Å². The third kappa shape index (κ3) is 4.33. The average molecular weight is 311 g/mol. The Labute approximate surface area is 131 Å². The number of likely N-dealkylation sites (N-methyl/N-ethyl adjacent to an activating group) is 1. The molecule has 0 aliphatic carbocycles. The van der Waals surface area contributed by atoms with Gasteiger partial charge in [0.15, 0.2) is 0 Å². The van der Waals surface area contributed by atoms with Crippen LogP contribution in [0.25, 0.3) is 0 Å². The first-order valence-corrected chi connectivity index (χ1v) is 7.56. The van der Waals surface area contributed by atoms with Crippen LogP contribution in [-0.2, 0) is 0 Å². The Morgan fingerprint density at radius 1 is 1.29 bits per heavy atom. The topological polar surface area (TPSA) is 52.8 Å². The molecule has 6 heteroatoms. The number of anilines is 1. The molecule has 1 saturated heterocycles. The Morgan fingerprint density at radius 2 is 1.95 bits per heavy atom. The minimum atomic E-state index is -0.0282. The molecule has 0 spiro atoms. The second kappa shape index (κ2) is 7.11. The molecule has 2 N–H and O–H groups in total. The molecule has 0 bridgehead atoms. The maximum Gasteiger partial charge on any atom is 0.255 e. The van der Waals surface area contributed by atoms with Crippen LogP contribution < -0.4 is 5.73 Å². The van der Waals surface area contributed by atoms with Crippen molar-refractivity contribution in [2.45, 2.75) is 0 Å². The number of nitrogen functional groups attached to an aromatic ring is 1. The molecule has 0 radical (unpaired) electrons. The van der Waals surface area contributed by atoms with Gasteiger partial charge in [-0.3, -0.25) is 9.69 Å². The highest BCUT2D eigenvalue weighted by Crippen LogP contribution is 2.21. The zero-order valence-electron chi connectivity index (χ0n) is 12.7. The molecule has 2 rings (SSSR count). The Morgan fingerprint density at radius 3 is 2.57 bits per heavy atom. The zero-order chi connectivity index (χ0) is 15.4. The van der Waals surface area contributed by atoms with E-state index < -0.39 is 0 Å². The summed E-state index contributed by atoms with van der Waals surface area (Å²) in [4.78, 5) is 18.9. The molecule has 1 fully saturated rings. The standard InChI is InChI=1S/C15H23ClN4O/c1-18(2)5-6-19-7-9-20(10-8-19)15(21)13-11-12(17)3-4-14(13)16/h3-4,11H,5-10,17H2,1-2H3. The molecule has 1 aromatic rings. The highest BCUT2D eigenvalue weighted by molar-refractivity contribution is 6.34. The van der Waals surface area contributed by atoms with Gasteiger partial charge in [0.25, 0.3) is 5.91 Å².